The highest BCUT2D eigenvalue weighted by atomic mass is 32.2. The number of ether oxygens (including phenoxy) is 4. The molecule has 0 unspecified atom stereocenters. The van der Waals surface area contributed by atoms with Crippen molar-refractivity contribution >= 4 is 47.0 Å². The predicted molar refractivity (Wildman–Crippen MR) is 287 cm³/mol. The molecule has 1 aliphatic rings. The Morgan fingerprint density at radius 2 is 0.469 bits per heavy atom. The fraction of sp³-hybridized carbons (Fsp3) is 0.571. The number of fused-ring (bicyclic) bond motifs is 8. The van der Waals surface area contributed by atoms with Crippen molar-refractivity contribution in [1.82, 2.24) is 0 Å². The lowest BCUT2D eigenvalue weighted by molar-refractivity contribution is 0.329. The van der Waals surface area contributed by atoms with E-state index in [1.807, 2.05) is 47.0 Å². The van der Waals surface area contributed by atoms with Gasteiger partial charge in [-0.3, -0.25) is 0 Å². The summed E-state index contributed by atoms with van der Waals surface area (Å²) in [4.78, 5) is 0. The van der Waals surface area contributed by atoms with Crippen LogP contribution in [0, 0.1) is 0 Å². The minimum atomic E-state index is -0.0888. The summed E-state index contributed by atoms with van der Waals surface area (Å²) in [6, 6.07) is 19.4. The summed E-state index contributed by atoms with van der Waals surface area (Å²) in [5.74, 6) is 7.63. The molecule has 0 fully saturated rings. The molecule has 0 atom stereocenters. The number of hydrogen-bond donors (Lipinski definition) is 0. The van der Waals surface area contributed by atoms with Crippen LogP contribution in [0.15, 0.2) is 48.5 Å². The zero-order valence-electron chi connectivity index (χ0n) is 42.4. The molecule has 4 aromatic rings. The highest BCUT2D eigenvalue weighted by Crippen LogP contribution is 2.44. The molecule has 0 radical (unpaired) electrons. The van der Waals surface area contributed by atoms with Gasteiger partial charge in [-0.2, -0.15) is 47.0 Å². The van der Waals surface area contributed by atoms with E-state index in [0.29, 0.717) is 52.1 Å². The van der Waals surface area contributed by atoms with E-state index < -0.39 is 0 Å². The van der Waals surface area contributed by atoms with Gasteiger partial charge in [0.15, 0.2) is 0 Å². The zero-order chi connectivity index (χ0) is 47.0. The molecule has 4 nitrogen and oxygen atoms in total. The molecule has 4 aromatic carbocycles. The maximum Gasteiger partial charge on any atom is 0.126 e. The molecule has 0 aromatic heterocycles. The number of benzene rings is 4. The Bertz CT molecular complexity index is 1780. The van der Waals surface area contributed by atoms with Gasteiger partial charge in [0.1, 0.15) is 23.0 Å². The van der Waals surface area contributed by atoms with Gasteiger partial charge in [0.05, 0.1) is 26.4 Å². The number of rotatable bonds is 16. The average Bonchev–Trinajstić information content (AvgIpc) is 3.19. The summed E-state index contributed by atoms with van der Waals surface area (Å²) in [6.07, 6.45) is 11.4. The monoisotopic (exact) mass is 944 g/mol. The first kappa shape index (κ1) is 52.4. The maximum absolute atomic E-state index is 7.05. The second-order valence-corrected chi connectivity index (χ2v) is 25.5. The Balaban J connectivity index is 2.01. The van der Waals surface area contributed by atoms with Crippen LogP contribution in [-0.4, -0.2) is 74.5 Å². The maximum atomic E-state index is 7.05. The van der Waals surface area contributed by atoms with E-state index in [0.717, 1.165) is 46.0 Å². The van der Waals surface area contributed by atoms with Crippen LogP contribution in [0.4, 0.5) is 0 Å². The summed E-state index contributed by atoms with van der Waals surface area (Å²) < 4.78 is 28.2. The highest BCUT2D eigenvalue weighted by molar-refractivity contribution is 7.99. The third kappa shape index (κ3) is 13.8. The Kier molecular flexibility index (Phi) is 18.5. The standard InChI is InChI=1S/C56H80O4S4/c1-53(2,3)45-29-37-25-39-31-46(54(4,5)6)33-41(50(39)58-18-22-62-14)27-43-35-48(56(10,11)12)36-44(52(43)60-20-24-64-16)28-42-34-47(55(7,8)9)32-40(51(42)59-19-23-63-15)26-38(30-45)49(37)57-17-21-61-13/h29-36H,17-28H2,1-16H3. The largest absolute Gasteiger partial charge is 0.492 e. The predicted octanol–water partition coefficient (Wildman–Crippen LogP) is 14.5. The molecule has 0 saturated heterocycles. The van der Waals surface area contributed by atoms with Gasteiger partial charge in [-0.05, 0) is 113 Å². The number of thioether (sulfide) groups is 4. The van der Waals surface area contributed by atoms with Crippen LogP contribution >= 0.6 is 47.0 Å². The van der Waals surface area contributed by atoms with Gasteiger partial charge in [0.2, 0.25) is 0 Å². The molecule has 0 aliphatic heterocycles. The van der Waals surface area contributed by atoms with Crippen LogP contribution in [0.3, 0.4) is 0 Å². The summed E-state index contributed by atoms with van der Waals surface area (Å²) in [5, 5.41) is 0. The molecule has 5 rings (SSSR count). The molecular weight excluding hydrogens is 865 g/mol. The molecule has 0 N–H and O–H groups in total. The summed E-state index contributed by atoms with van der Waals surface area (Å²) in [6.45, 7) is 30.5. The summed E-state index contributed by atoms with van der Waals surface area (Å²) in [5.41, 5.74) is 14.5. The molecule has 0 heterocycles. The van der Waals surface area contributed by atoms with Crippen molar-refractivity contribution in [2.24, 2.45) is 0 Å². The molecular formula is C56H80O4S4. The highest BCUT2D eigenvalue weighted by Gasteiger charge is 2.29. The lowest BCUT2D eigenvalue weighted by atomic mass is 9.79. The van der Waals surface area contributed by atoms with Gasteiger partial charge in [0, 0.05) is 48.7 Å². The van der Waals surface area contributed by atoms with Crippen molar-refractivity contribution in [3.63, 3.8) is 0 Å². The first-order valence-electron chi connectivity index (χ1n) is 23.2. The van der Waals surface area contributed by atoms with Crippen molar-refractivity contribution in [3.05, 3.63) is 115 Å². The van der Waals surface area contributed by atoms with Gasteiger partial charge in [-0.1, -0.05) is 132 Å². The van der Waals surface area contributed by atoms with Crippen molar-refractivity contribution in [3.8, 4) is 23.0 Å². The fourth-order valence-electron chi connectivity index (χ4n) is 8.27. The average molecular weight is 946 g/mol. The normalized spacial score (nSPS) is 13.5. The number of hydrogen-bond acceptors (Lipinski definition) is 8. The van der Waals surface area contributed by atoms with Crippen molar-refractivity contribution < 1.29 is 18.9 Å². The molecule has 352 valence electrons. The molecule has 0 spiro atoms. The smallest absolute Gasteiger partial charge is 0.126 e. The van der Waals surface area contributed by atoms with E-state index >= 15 is 0 Å². The van der Waals surface area contributed by atoms with Crippen molar-refractivity contribution in [2.75, 3.05) is 74.5 Å². The van der Waals surface area contributed by atoms with Crippen LogP contribution in [0.25, 0.3) is 0 Å². The van der Waals surface area contributed by atoms with E-state index in [-0.39, 0.29) is 21.7 Å². The van der Waals surface area contributed by atoms with Crippen molar-refractivity contribution in [1.29, 1.82) is 0 Å². The Morgan fingerprint density at radius 1 is 0.312 bits per heavy atom. The van der Waals surface area contributed by atoms with E-state index in [1.165, 1.54) is 66.8 Å². The summed E-state index contributed by atoms with van der Waals surface area (Å²) in [7, 11) is 0. The fourth-order valence-corrected chi connectivity index (χ4v) is 9.27. The van der Waals surface area contributed by atoms with Gasteiger partial charge < -0.3 is 18.9 Å². The topological polar surface area (TPSA) is 36.9 Å². The zero-order valence-corrected chi connectivity index (χ0v) is 45.6. The van der Waals surface area contributed by atoms with Crippen molar-refractivity contribution in [2.45, 2.75) is 130 Å². The SMILES string of the molecule is CSCCOc1c2cc(C(C)(C)C)cc1Cc1cc(C(C)(C)C)cc(c1OCCSC)Cc1cc(C(C)(C)C)cc(c1OCCSC)Cc1cc(C(C)(C)C)cc(c1OCCSC)C2. The first-order chi connectivity index (χ1) is 30.1. The van der Waals surface area contributed by atoms with Gasteiger partial charge in [-0.25, -0.2) is 0 Å². The minimum absolute atomic E-state index is 0.0888. The molecule has 0 amide bonds. The molecule has 1 aliphatic carbocycles. The molecule has 8 heteroatoms. The van der Waals surface area contributed by atoms with E-state index in [2.05, 4.69) is 157 Å². The Labute approximate surface area is 406 Å². The third-order valence-electron chi connectivity index (χ3n) is 12.1. The first-order valence-corrected chi connectivity index (χ1v) is 28.8. The van der Waals surface area contributed by atoms with Gasteiger partial charge in [-0.15, -0.1) is 0 Å². The van der Waals surface area contributed by atoms with Crippen LogP contribution in [0.2, 0.25) is 0 Å². The van der Waals surface area contributed by atoms with E-state index in [4.69, 9.17) is 18.9 Å². The van der Waals surface area contributed by atoms with Crippen LogP contribution in [-0.2, 0) is 47.3 Å². The second-order valence-electron chi connectivity index (χ2n) is 21.6. The van der Waals surface area contributed by atoms with Gasteiger partial charge in [0.25, 0.3) is 0 Å². The Morgan fingerprint density at radius 3 is 0.594 bits per heavy atom. The van der Waals surface area contributed by atoms with Crippen LogP contribution in [0.5, 0.6) is 23.0 Å². The molecule has 8 bridgehead atoms. The molecule has 0 saturated carbocycles. The summed E-state index contributed by atoms with van der Waals surface area (Å²) >= 11 is 7.30. The Hall–Kier alpha value is -2.52. The molecule has 64 heavy (non-hydrogen) atoms. The third-order valence-corrected chi connectivity index (χ3v) is 14.4. The van der Waals surface area contributed by atoms with Crippen LogP contribution < -0.4 is 18.9 Å². The lowest BCUT2D eigenvalue weighted by Crippen LogP contribution is -2.18. The minimum Gasteiger partial charge on any atom is -0.492 e. The quantitative estimate of drug-likeness (QED) is 0.0906. The van der Waals surface area contributed by atoms with E-state index in [1.54, 1.807) is 0 Å². The van der Waals surface area contributed by atoms with Gasteiger partial charge >= 0.3 is 0 Å². The van der Waals surface area contributed by atoms with E-state index in [9.17, 15) is 0 Å². The van der Waals surface area contributed by atoms with Crippen LogP contribution in [0.1, 0.15) is 150 Å². The second kappa shape index (κ2) is 22.5. The lowest BCUT2D eigenvalue weighted by Gasteiger charge is -2.29.